The van der Waals surface area contributed by atoms with E-state index in [1.54, 1.807) is 18.7 Å². The number of nitrogens with zero attached hydrogens (tertiary/aromatic N) is 1. The molecule has 2 N–H and O–H groups in total. The number of amides is 1. The Morgan fingerprint density at radius 1 is 1.22 bits per heavy atom. The molecule has 11 heteroatoms. The zero-order chi connectivity index (χ0) is 23.3. The Balaban J connectivity index is 1.67. The van der Waals surface area contributed by atoms with E-state index in [2.05, 4.69) is 10.5 Å². The molecule has 1 amide bonds. The van der Waals surface area contributed by atoms with E-state index in [1.165, 1.54) is 24.3 Å². The SMILES string of the molecule is Cc1cc(C2=NOC(c3cc(Cl)cc(Cl)c3)(C(F)(F)F)C2O)ccc1C(=O)NC1CSC1. The van der Waals surface area contributed by atoms with E-state index in [0.717, 1.165) is 23.6 Å². The molecule has 0 radical (unpaired) electrons. The van der Waals surface area contributed by atoms with Crippen LogP contribution in [0.2, 0.25) is 10.0 Å². The van der Waals surface area contributed by atoms with Crippen LogP contribution in [0.4, 0.5) is 13.2 Å². The predicted octanol–water partition coefficient (Wildman–Crippen LogP) is 4.70. The molecule has 4 rings (SSSR count). The summed E-state index contributed by atoms with van der Waals surface area (Å²) in [5, 5.41) is 17.2. The van der Waals surface area contributed by atoms with Crippen LogP contribution >= 0.6 is 35.0 Å². The molecule has 170 valence electrons. The summed E-state index contributed by atoms with van der Waals surface area (Å²) in [5.74, 6) is 1.43. The fourth-order valence-corrected chi connectivity index (χ4v) is 4.80. The third kappa shape index (κ3) is 3.96. The maximum Gasteiger partial charge on any atom is 0.438 e. The topological polar surface area (TPSA) is 70.9 Å². The Labute approximate surface area is 195 Å². The lowest BCUT2D eigenvalue weighted by Gasteiger charge is -2.32. The number of aliphatic hydroxyl groups excluding tert-OH is 1. The minimum atomic E-state index is -5.04. The number of carbonyl (C=O) groups is 1. The van der Waals surface area contributed by atoms with Gasteiger partial charge in [-0.05, 0) is 42.8 Å². The molecule has 2 aliphatic rings. The first kappa shape index (κ1) is 23.2. The Hall–Kier alpha value is -1.94. The van der Waals surface area contributed by atoms with Gasteiger partial charge in [-0.15, -0.1) is 0 Å². The number of halogens is 5. The first-order valence-electron chi connectivity index (χ1n) is 9.50. The Morgan fingerprint density at radius 3 is 2.41 bits per heavy atom. The smallest absolute Gasteiger partial charge is 0.382 e. The monoisotopic (exact) mass is 504 g/mol. The van der Waals surface area contributed by atoms with Gasteiger partial charge in [-0.3, -0.25) is 4.79 Å². The first-order chi connectivity index (χ1) is 15.0. The molecule has 0 aromatic heterocycles. The van der Waals surface area contributed by atoms with Crippen molar-refractivity contribution in [3.8, 4) is 0 Å². The van der Waals surface area contributed by atoms with Crippen LogP contribution in [0.1, 0.15) is 27.0 Å². The number of hydrogen-bond acceptors (Lipinski definition) is 5. The van der Waals surface area contributed by atoms with Gasteiger partial charge in [0.2, 0.25) is 0 Å². The van der Waals surface area contributed by atoms with Gasteiger partial charge in [0.15, 0.2) is 6.10 Å². The summed E-state index contributed by atoms with van der Waals surface area (Å²) in [7, 11) is 0. The lowest BCUT2D eigenvalue weighted by atomic mass is 9.83. The highest BCUT2D eigenvalue weighted by Gasteiger charge is 2.68. The average Bonchev–Trinajstić information content (AvgIpc) is 3.01. The van der Waals surface area contributed by atoms with Crippen LogP contribution < -0.4 is 5.32 Å². The van der Waals surface area contributed by atoms with Gasteiger partial charge < -0.3 is 15.3 Å². The van der Waals surface area contributed by atoms with Gasteiger partial charge in [-0.1, -0.05) is 34.4 Å². The van der Waals surface area contributed by atoms with Crippen molar-refractivity contribution in [2.75, 3.05) is 11.5 Å². The summed E-state index contributed by atoms with van der Waals surface area (Å²) in [6.07, 6.45) is -7.23. The van der Waals surface area contributed by atoms with Gasteiger partial charge in [0.05, 0.1) is 0 Å². The molecule has 1 fully saturated rings. The van der Waals surface area contributed by atoms with Gasteiger partial charge in [0.1, 0.15) is 5.71 Å². The van der Waals surface area contributed by atoms with Gasteiger partial charge in [-0.25, -0.2) is 0 Å². The van der Waals surface area contributed by atoms with Crippen molar-refractivity contribution in [2.24, 2.45) is 5.16 Å². The largest absolute Gasteiger partial charge is 0.438 e. The van der Waals surface area contributed by atoms with Crippen LogP contribution in [-0.4, -0.2) is 46.6 Å². The van der Waals surface area contributed by atoms with E-state index < -0.39 is 23.4 Å². The van der Waals surface area contributed by atoms with E-state index in [9.17, 15) is 23.1 Å². The molecule has 2 heterocycles. The van der Waals surface area contributed by atoms with E-state index in [-0.39, 0.29) is 33.3 Å². The Kier molecular flexibility index (Phi) is 6.13. The fourth-order valence-electron chi connectivity index (χ4n) is 3.63. The number of nitrogens with one attached hydrogen (secondary N) is 1. The highest BCUT2D eigenvalue weighted by Crippen LogP contribution is 2.49. The molecule has 0 saturated carbocycles. The minimum absolute atomic E-state index is 0.0450. The fraction of sp³-hybridized carbons (Fsp3) is 0.333. The minimum Gasteiger partial charge on any atom is -0.382 e. The second-order valence-corrected chi connectivity index (χ2v) is 9.55. The van der Waals surface area contributed by atoms with Crippen LogP contribution in [0.25, 0.3) is 0 Å². The number of rotatable bonds is 4. The quantitative estimate of drug-likeness (QED) is 0.632. The number of alkyl halides is 3. The first-order valence-corrected chi connectivity index (χ1v) is 11.4. The Bertz CT molecular complexity index is 1090. The molecule has 2 aromatic carbocycles. The summed E-state index contributed by atoms with van der Waals surface area (Å²) in [4.78, 5) is 17.3. The number of oxime groups is 1. The standard InChI is InChI=1S/C21H17Cl2F3N2O3S/c1-10-4-11(2-3-16(10)19(30)27-15-8-32-9-15)17-18(29)20(31-28-17,21(24,25)26)12-5-13(22)7-14(23)6-12/h2-7,15,18,29H,8-9H2,1H3,(H,27,30). The summed E-state index contributed by atoms with van der Waals surface area (Å²) >= 11 is 13.5. The second-order valence-electron chi connectivity index (χ2n) is 7.60. The summed E-state index contributed by atoms with van der Waals surface area (Å²) in [6, 6.07) is 7.85. The molecule has 0 bridgehead atoms. The Morgan fingerprint density at radius 2 is 1.88 bits per heavy atom. The van der Waals surface area contributed by atoms with Crippen molar-refractivity contribution in [1.29, 1.82) is 0 Å². The zero-order valence-corrected chi connectivity index (χ0v) is 18.9. The molecule has 5 nitrogen and oxygen atoms in total. The van der Waals surface area contributed by atoms with Crippen LogP contribution in [0.3, 0.4) is 0 Å². The van der Waals surface area contributed by atoms with Crippen molar-refractivity contribution < 1.29 is 27.9 Å². The molecular formula is C21H17Cl2F3N2O3S. The molecular weight excluding hydrogens is 488 g/mol. The lowest BCUT2D eigenvalue weighted by molar-refractivity contribution is -0.296. The molecule has 1 saturated heterocycles. The normalized spacial score (nSPS) is 23.3. The van der Waals surface area contributed by atoms with Gasteiger partial charge >= 0.3 is 6.18 Å². The summed E-state index contributed by atoms with van der Waals surface area (Å²) in [5.41, 5.74) is -2.85. The molecule has 32 heavy (non-hydrogen) atoms. The van der Waals surface area contributed by atoms with Crippen LogP contribution in [0.5, 0.6) is 0 Å². The van der Waals surface area contributed by atoms with Crippen LogP contribution in [-0.2, 0) is 10.4 Å². The molecule has 0 aliphatic carbocycles. The van der Waals surface area contributed by atoms with Crippen molar-refractivity contribution in [2.45, 2.75) is 30.8 Å². The maximum atomic E-state index is 14.2. The van der Waals surface area contributed by atoms with E-state index in [1.807, 2.05) is 0 Å². The number of aliphatic hydroxyl groups is 1. The molecule has 2 unspecified atom stereocenters. The number of hydrogen-bond donors (Lipinski definition) is 2. The maximum absolute atomic E-state index is 14.2. The molecule has 2 atom stereocenters. The third-order valence-corrected chi connectivity index (χ3v) is 7.10. The van der Waals surface area contributed by atoms with E-state index in [0.29, 0.717) is 11.1 Å². The number of carbonyl (C=O) groups excluding carboxylic acids is 1. The van der Waals surface area contributed by atoms with Gasteiger partial charge in [0, 0.05) is 44.3 Å². The van der Waals surface area contributed by atoms with Crippen molar-refractivity contribution >= 4 is 46.6 Å². The highest BCUT2D eigenvalue weighted by molar-refractivity contribution is 8.00. The number of thioether (sulfide) groups is 1. The van der Waals surface area contributed by atoms with Crippen molar-refractivity contribution in [3.63, 3.8) is 0 Å². The van der Waals surface area contributed by atoms with Crippen LogP contribution in [0.15, 0.2) is 41.6 Å². The lowest BCUT2D eigenvalue weighted by Crippen LogP contribution is -2.52. The number of benzene rings is 2. The average molecular weight is 505 g/mol. The van der Waals surface area contributed by atoms with E-state index >= 15 is 0 Å². The summed E-state index contributed by atoms with van der Waals surface area (Å²) in [6.45, 7) is 1.66. The zero-order valence-electron chi connectivity index (χ0n) is 16.5. The predicted molar refractivity (Wildman–Crippen MR) is 118 cm³/mol. The van der Waals surface area contributed by atoms with Crippen molar-refractivity contribution in [3.05, 3.63) is 68.7 Å². The van der Waals surface area contributed by atoms with E-state index in [4.69, 9.17) is 28.0 Å². The third-order valence-electron chi connectivity index (χ3n) is 5.38. The molecule has 0 spiro atoms. The molecule has 2 aromatic rings. The van der Waals surface area contributed by atoms with Crippen molar-refractivity contribution in [1.82, 2.24) is 5.32 Å². The number of aryl methyl sites for hydroxylation is 1. The van der Waals surface area contributed by atoms with Crippen LogP contribution in [0, 0.1) is 6.92 Å². The highest BCUT2D eigenvalue weighted by atomic mass is 35.5. The second kappa shape index (κ2) is 8.44. The molecule has 2 aliphatic heterocycles. The van der Waals surface area contributed by atoms with Gasteiger partial charge in [-0.2, -0.15) is 24.9 Å². The van der Waals surface area contributed by atoms with Gasteiger partial charge in [0.25, 0.3) is 11.5 Å². The summed E-state index contributed by atoms with van der Waals surface area (Å²) < 4.78 is 42.6.